The normalized spacial score (nSPS) is 15.4. The Morgan fingerprint density at radius 3 is 2.28 bits per heavy atom. The molecule has 0 spiro atoms. The lowest BCUT2D eigenvalue weighted by Crippen LogP contribution is -2.49. The minimum atomic E-state index is -4.87. The van der Waals surface area contributed by atoms with Gasteiger partial charge in [-0.2, -0.15) is 13.2 Å². The van der Waals surface area contributed by atoms with E-state index in [1.165, 1.54) is 17.0 Å². The molecule has 29 heavy (non-hydrogen) atoms. The zero-order chi connectivity index (χ0) is 21.2. The first-order chi connectivity index (χ1) is 13.5. The van der Waals surface area contributed by atoms with Crippen molar-refractivity contribution in [1.29, 1.82) is 0 Å². The third-order valence-electron chi connectivity index (χ3n) is 4.15. The summed E-state index contributed by atoms with van der Waals surface area (Å²) < 4.78 is 79.2. The van der Waals surface area contributed by atoms with Gasteiger partial charge in [0.05, 0.1) is 0 Å². The smallest absolute Gasteiger partial charge is 0.406 e. The summed E-state index contributed by atoms with van der Waals surface area (Å²) in [5.74, 6) is -0.932. The third kappa shape index (κ3) is 5.27. The molecule has 0 aliphatic carbocycles. The molecule has 0 unspecified atom stereocenters. The number of benzene rings is 1. The van der Waals surface area contributed by atoms with Gasteiger partial charge in [-0.3, -0.25) is 4.79 Å². The molecule has 0 N–H and O–H groups in total. The summed E-state index contributed by atoms with van der Waals surface area (Å²) >= 11 is 0. The Morgan fingerprint density at radius 1 is 0.966 bits per heavy atom. The highest BCUT2D eigenvalue weighted by molar-refractivity contribution is 5.94. The van der Waals surface area contributed by atoms with Crippen LogP contribution >= 0.6 is 0 Å². The van der Waals surface area contributed by atoms with Gasteiger partial charge in [0.2, 0.25) is 0 Å². The number of alkyl halides is 6. The van der Waals surface area contributed by atoms with Gasteiger partial charge >= 0.3 is 12.5 Å². The Hall–Kier alpha value is -3.05. The van der Waals surface area contributed by atoms with Crippen LogP contribution in [-0.4, -0.2) is 53.3 Å². The molecule has 0 bridgehead atoms. The topological polar surface area (TPSA) is 58.6 Å². The standard InChI is InChI=1S/C17H14F6N4O2/c18-16(19,20)13-9-14(25-10-24-13)26-4-6-27(7-5-26)15(28)11-2-1-3-12(8-11)29-17(21,22)23/h1-3,8-10H,4-7H2. The van der Waals surface area contributed by atoms with Crippen LogP contribution in [0.3, 0.4) is 0 Å². The van der Waals surface area contributed by atoms with Gasteiger partial charge in [0.25, 0.3) is 5.91 Å². The number of anilines is 1. The number of hydrogen-bond donors (Lipinski definition) is 0. The van der Waals surface area contributed by atoms with Crippen molar-refractivity contribution in [2.24, 2.45) is 0 Å². The lowest BCUT2D eigenvalue weighted by Gasteiger charge is -2.35. The quantitative estimate of drug-likeness (QED) is 0.713. The highest BCUT2D eigenvalue weighted by Gasteiger charge is 2.34. The summed E-state index contributed by atoms with van der Waals surface area (Å²) in [7, 11) is 0. The molecule has 1 fully saturated rings. The number of aromatic nitrogens is 2. The average molecular weight is 420 g/mol. The zero-order valence-electron chi connectivity index (χ0n) is 14.7. The fourth-order valence-electron chi connectivity index (χ4n) is 2.82. The maximum absolute atomic E-state index is 12.8. The maximum Gasteiger partial charge on any atom is 0.573 e. The summed E-state index contributed by atoms with van der Waals surface area (Å²) in [6, 6.07) is 5.52. The molecular weight excluding hydrogens is 406 g/mol. The van der Waals surface area contributed by atoms with Crippen molar-refractivity contribution in [3.05, 3.63) is 47.9 Å². The summed E-state index contributed by atoms with van der Waals surface area (Å²) in [6.45, 7) is 0.737. The molecular formula is C17H14F6N4O2. The van der Waals surface area contributed by atoms with Crippen LogP contribution in [0.4, 0.5) is 32.2 Å². The first-order valence-electron chi connectivity index (χ1n) is 8.32. The number of carbonyl (C=O) groups is 1. The fraction of sp³-hybridized carbons (Fsp3) is 0.353. The Labute approximate surface area is 160 Å². The Morgan fingerprint density at radius 2 is 1.66 bits per heavy atom. The molecule has 12 heteroatoms. The van der Waals surface area contributed by atoms with Crippen molar-refractivity contribution in [3.63, 3.8) is 0 Å². The van der Waals surface area contributed by atoms with Gasteiger partial charge in [0, 0.05) is 37.8 Å². The van der Waals surface area contributed by atoms with E-state index < -0.39 is 29.9 Å². The summed E-state index contributed by atoms with van der Waals surface area (Å²) in [5, 5.41) is 0. The number of halogens is 6. The van der Waals surface area contributed by atoms with Gasteiger partial charge in [0.1, 0.15) is 23.6 Å². The van der Waals surface area contributed by atoms with Gasteiger partial charge in [-0.1, -0.05) is 6.07 Å². The van der Waals surface area contributed by atoms with Crippen molar-refractivity contribution in [3.8, 4) is 5.75 Å². The number of hydrogen-bond acceptors (Lipinski definition) is 5. The van der Waals surface area contributed by atoms with Crippen LogP contribution in [-0.2, 0) is 6.18 Å². The molecule has 3 rings (SSSR count). The van der Waals surface area contributed by atoms with Gasteiger partial charge in [-0.05, 0) is 18.2 Å². The maximum atomic E-state index is 12.8. The molecule has 1 amide bonds. The minimum absolute atomic E-state index is 0.0154. The van der Waals surface area contributed by atoms with E-state index in [4.69, 9.17) is 0 Å². The summed E-state index contributed by atoms with van der Waals surface area (Å²) in [4.78, 5) is 22.6. The molecule has 1 aromatic heterocycles. The van der Waals surface area contributed by atoms with E-state index >= 15 is 0 Å². The SMILES string of the molecule is O=C(c1cccc(OC(F)(F)F)c1)N1CCN(c2cc(C(F)(F)F)ncn2)CC1. The molecule has 6 nitrogen and oxygen atoms in total. The van der Waals surface area contributed by atoms with Crippen molar-refractivity contribution < 1.29 is 35.9 Å². The van der Waals surface area contributed by atoms with E-state index in [0.29, 0.717) is 0 Å². The molecule has 0 radical (unpaired) electrons. The number of nitrogens with zero attached hydrogens (tertiary/aromatic N) is 4. The highest BCUT2D eigenvalue weighted by Crippen LogP contribution is 2.29. The Balaban J connectivity index is 1.65. The van der Waals surface area contributed by atoms with Crippen LogP contribution in [0.1, 0.15) is 16.1 Å². The molecule has 0 saturated carbocycles. The minimum Gasteiger partial charge on any atom is -0.406 e. The van der Waals surface area contributed by atoms with Crippen molar-refractivity contribution in [2.75, 3.05) is 31.1 Å². The molecule has 1 aromatic carbocycles. The van der Waals surface area contributed by atoms with E-state index in [1.807, 2.05) is 0 Å². The number of rotatable bonds is 3. The lowest BCUT2D eigenvalue weighted by atomic mass is 10.1. The molecule has 2 aromatic rings. The molecule has 156 valence electrons. The summed E-state index contributed by atoms with van der Waals surface area (Å²) in [5.41, 5.74) is -1.05. The van der Waals surface area contributed by atoms with E-state index in [1.54, 1.807) is 4.90 Å². The van der Waals surface area contributed by atoms with Gasteiger partial charge in [0.15, 0.2) is 0 Å². The van der Waals surface area contributed by atoms with E-state index in [9.17, 15) is 31.1 Å². The van der Waals surface area contributed by atoms with Crippen LogP contribution in [0.25, 0.3) is 0 Å². The predicted molar refractivity (Wildman–Crippen MR) is 88.3 cm³/mol. The van der Waals surface area contributed by atoms with Crippen molar-refractivity contribution >= 4 is 11.7 Å². The number of ether oxygens (including phenoxy) is 1. The predicted octanol–water partition coefficient (Wildman–Crippen LogP) is 3.36. The number of carbonyl (C=O) groups excluding carboxylic acids is 1. The van der Waals surface area contributed by atoms with E-state index in [2.05, 4.69) is 14.7 Å². The first kappa shape index (κ1) is 20.7. The average Bonchev–Trinajstić information content (AvgIpc) is 2.66. The van der Waals surface area contributed by atoms with Gasteiger partial charge in [-0.15, -0.1) is 13.2 Å². The second kappa shape index (κ2) is 7.76. The molecule has 1 aliphatic heterocycles. The van der Waals surface area contributed by atoms with Crippen LogP contribution in [0.15, 0.2) is 36.7 Å². The molecule has 2 heterocycles. The van der Waals surface area contributed by atoms with Crippen LogP contribution in [0, 0.1) is 0 Å². The molecule has 1 saturated heterocycles. The number of amides is 1. The molecule has 1 aliphatic rings. The summed E-state index contributed by atoms with van der Waals surface area (Å²) in [6.07, 6.45) is -8.65. The Bertz CT molecular complexity index is 879. The Kier molecular flexibility index (Phi) is 5.53. The largest absolute Gasteiger partial charge is 0.573 e. The molecule has 0 atom stereocenters. The van der Waals surface area contributed by atoms with Gasteiger partial charge in [-0.25, -0.2) is 9.97 Å². The van der Waals surface area contributed by atoms with E-state index in [-0.39, 0.29) is 37.6 Å². The van der Waals surface area contributed by atoms with Crippen LogP contribution < -0.4 is 9.64 Å². The van der Waals surface area contributed by atoms with Crippen molar-refractivity contribution in [1.82, 2.24) is 14.9 Å². The third-order valence-corrected chi connectivity index (χ3v) is 4.15. The second-order valence-electron chi connectivity index (χ2n) is 6.11. The van der Waals surface area contributed by atoms with Crippen molar-refractivity contribution in [2.45, 2.75) is 12.5 Å². The highest BCUT2D eigenvalue weighted by atomic mass is 19.4. The second-order valence-corrected chi connectivity index (χ2v) is 6.11. The monoisotopic (exact) mass is 420 g/mol. The van der Waals surface area contributed by atoms with Crippen LogP contribution in [0.5, 0.6) is 5.75 Å². The lowest BCUT2D eigenvalue weighted by molar-refractivity contribution is -0.274. The zero-order valence-corrected chi connectivity index (χ0v) is 14.7. The van der Waals surface area contributed by atoms with E-state index in [0.717, 1.165) is 24.5 Å². The first-order valence-corrected chi connectivity index (χ1v) is 8.32. The van der Waals surface area contributed by atoms with Crippen LogP contribution in [0.2, 0.25) is 0 Å². The van der Waals surface area contributed by atoms with Gasteiger partial charge < -0.3 is 14.5 Å². The number of piperazine rings is 1. The fourth-order valence-corrected chi connectivity index (χ4v) is 2.82.